The zero-order chi connectivity index (χ0) is 19.4. The van der Waals surface area contributed by atoms with Crippen molar-refractivity contribution in [1.82, 2.24) is 9.97 Å². The fourth-order valence-electron chi connectivity index (χ4n) is 2.79. The molecule has 0 aliphatic rings. The third-order valence-corrected chi connectivity index (χ3v) is 5.53. The number of likely N-dealkylation sites (N-methyl/N-ethyl adjacent to an activating group) is 1. The summed E-state index contributed by atoms with van der Waals surface area (Å²) in [6.45, 7) is 2.53. The third kappa shape index (κ3) is 4.37. The van der Waals surface area contributed by atoms with Crippen LogP contribution in [0.1, 0.15) is 20.8 Å². The number of aryl methyl sites for hydroxylation is 1. The normalized spacial score (nSPS) is 11.0. The second kappa shape index (κ2) is 8.65. The number of hydrogen-bond donors (Lipinski definition) is 1. The molecule has 0 radical (unpaired) electrons. The summed E-state index contributed by atoms with van der Waals surface area (Å²) in [5.74, 6) is 0.217. The number of halogens is 1. The predicted octanol–water partition coefficient (Wildman–Crippen LogP) is 3.48. The Bertz CT molecular complexity index is 946. The van der Waals surface area contributed by atoms with Crippen LogP contribution in [0.3, 0.4) is 0 Å². The Balaban J connectivity index is 1.83. The van der Waals surface area contributed by atoms with E-state index in [1.54, 1.807) is 4.90 Å². The first-order valence-corrected chi connectivity index (χ1v) is 9.70. The smallest absolute Gasteiger partial charge is 0.348 e. The first-order chi connectivity index (χ1) is 13.0. The number of nitrogens with zero attached hydrogens (tertiary/aromatic N) is 3. The molecule has 0 saturated carbocycles. The fraction of sp³-hybridized carbons (Fsp3) is 0.316. The third-order valence-electron chi connectivity index (χ3n) is 4.19. The van der Waals surface area contributed by atoms with Gasteiger partial charge in [0.15, 0.2) is 0 Å². The van der Waals surface area contributed by atoms with Gasteiger partial charge in [0.05, 0.1) is 18.6 Å². The van der Waals surface area contributed by atoms with Crippen molar-refractivity contribution >= 4 is 44.9 Å². The van der Waals surface area contributed by atoms with E-state index in [9.17, 15) is 9.90 Å². The van der Waals surface area contributed by atoms with Crippen molar-refractivity contribution in [2.24, 2.45) is 0 Å². The van der Waals surface area contributed by atoms with Gasteiger partial charge >= 0.3 is 5.97 Å². The molecular formula is C19H20ClN3O3S. The summed E-state index contributed by atoms with van der Waals surface area (Å²) in [5.41, 5.74) is 1.88. The van der Waals surface area contributed by atoms with Crippen molar-refractivity contribution in [2.45, 2.75) is 13.3 Å². The standard InChI is InChI=1S/C19H20ClN3O3S/c1-12-14-16(23(2)9-10-24)21-19(20)22-17(14)27-15(12)18(25)26-11-8-13-6-4-3-5-7-13/h3-7,24H,8-11H2,1-2H3. The molecule has 0 fully saturated rings. The lowest BCUT2D eigenvalue weighted by molar-refractivity contribution is 0.0514. The van der Waals surface area contributed by atoms with Gasteiger partial charge in [0.2, 0.25) is 5.28 Å². The van der Waals surface area contributed by atoms with E-state index in [1.165, 1.54) is 11.3 Å². The maximum atomic E-state index is 12.6. The molecule has 0 spiro atoms. The largest absolute Gasteiger partial charge is 0.461 e. The molecule has 6 nitrogen and oxygen atoms in total. The average molecular weight is 406 g/mol. The lowest BCUT2D eigenvalue weighted by atomic mass is 10.2. The molecule has 3 rings (SSSR count). The molecule has 0 amide bonds. The van der Waals surface area contributed by atoms with Crippen LogP contribution in [0.4, 0.5) is 5.82 Å². The minimum atomic E-state index is -0.377. The van der Waals surface area contributed by atoms with Crippen LogP contribution in [0.2, 0.25) is 5.28 Å². The van der Waals surface area contributed by atoms with E-state index >= 15 is 0 Å². The average Bonchev–Trinajstić information content (AvgIpc) is 2.98. The highest BCUT2D eigenvalue weighted by molar-refractivity contribution is 7.20. The molecule has 142 valence electrons. The fourth-order valence-corrected chi connectivity index (χ4v) is 4.08. The van der Waals surface area contributed by atoms with Gasteiger partial charge in [-0.15, -0.1) is 11.3 Å². The summed E-state index contributed by atoms with van der Waals surface area (Å²) < 4.78 is 5.46. The van der Waals surface area contributed by atoms with E-state index in [1.807, 2.05) is 44.3 Å². The molecule has 8 heteroatoms. The number of ether oxygens (including phenoxy) is 1. The number of thiophene rings is 1. The molecule has 0 saturated heterocycles. The number of carbonyl (C=O) groups is 1. The van der Waals surface area contributed by atoms with Gasteiger partial charge in [0, 0.05) is 20.0 Å². The molecule has 1 N–H and O–H groups in total. The highest BCUT2D eigenvalue weighted by Crippen LogP contribution is 2.36. The topological polar surface area (TPSA) is 75.5 Å². The van der Waals surface area contributed by atoms with Gasteiger partial charge < -0.3 is 14.7 Å². The van der Waals surface area contributed by atoms with E-state index in [-0.39, 0.29) is 17.9 Å². The maximum Gasteiger partial charge on any atom is 0.348 e. The van der Waals surface area contributed by atoms with Crippen molar-refractivity contribution in [3.8, 4) is 0 Å². The number of esters is 1. The van der Waals surface area contributed by atoms with Crippen molar-refractivity contribution < 1.29 is 14.6 Å². The summed E-state index contributed by atoms with van der Waals surface area (Å²) >= 11 is 7.28. The molecular weight excluding hydrogens is 386 g/mol. The molecule has 0 aliphatic carbocycles. The van der Waals surface area contributed by atoms with E-state index in [0.717, 1.165) is 16.5 Å². The Labute approximate surface area is 166 Å². The van der Waals surface area contributed by atoms with Crippen LogP contribution in [0, 0.1) is 6.92 Å². The van der Waals surface area contributed by atoms with Crippen molar-refractivity contribution in [1.29, 1.82) is 0 Å². The van der Waals surface area contributed by atoms with Gasteiger partial charge in [-0.3, -0.25) is 0 Å². The molecule has 2 aromatic heterocycles. The van der Waals surface area contributed by atoms with Gasteiger partial charge in [-0.2, -0.15) is 4.98 Å². The van der Waals surface area contributed by atoms with Crippen LogP contribution in [-0.2, 0) is 11.2 Å². The van der Waals surface area contributed by atoms with Crippen LogP contribution >= 0.6 is 22.9 Å². The van der Waals surface area contributed by atoms with Gasteiger partial charge in [0.1, 0.15) is 15.5 Å². The quantitative estimate of drug-likeness (QED) is 0.479. The predicted molar refractivity (Wildman–Crippen MR) is 108 cm³/mol. The highest BCUT2D eigenvalue weighted by Gasteiger charge is 2.22. The number of carbonyl (C=O) groups excluding carboxylic acids is 1. The lowest BCUT2D eigenvalue weighted by Gasteiger charge is -2.18. The molecule has 0 aliphatic heterocycles. The van der Waals surface area contributed by atoms with E-state index in [0.29, 0.717) is 35.1 Å². The zero-order valence-corrected chi connectivity index (χ0v) is 16.7. The maximum absolute atomic E-state index is 12.6. The number of aliphatic hydroxyl groups excluding tert-OH is 1. The Morgan fingerprint density at radius 2 is 2.04 bits per heavy atom. The summed E-state index contributed by atoms with van der Waals surface area (Å²) in [5, 5.41) is 10.1. The molecule has 3 aromatic rings. The lowest BCUT2D eigenvalue weighted by Crippen LogP contribution is -2.22. The second-order valence-corrected chi connectivity index (χ2v) is 7.41. The number of rotatable bonds is 7. The molecule has 0 atom stereocenters. The Kier molecular flexibility index (Phi) is 6.26. The number of hydrogen-bond acceptors (Lipinski definition) is 7. The van der Waals surface area contributed by atoms with Crippen molar-refractivity contribution in [3.05, 3.63) is 51.6 Å². The molecule has 2 heterocycles. The Hall–Kier alpha value is -2.22. The van der Waals surface area contributed by atoms with Crippen LogP contribution in [0.25, 0.3) is 10.2 Å². The number of anilines is 1. The number of aliphatic hydroxyl groups is 1. The Morgan fingerprint density at radius 1 is 1.30 bits per heavy atom. The second-order valence-electron chi connectivity index (χ2n) is 6.07. The van der Waals surface area contributed by atoms with Crippen LogP contribution < -0.4 is 4.90 Å². The van der Waals surface area contributed by atoms with Crippen molar-refractivity contribution in [3.63, 3.8) is 0 Å². The van der Waals surface area contributed by atoms with Gasteiger partial charge in [-0.1, -0.05) is 30.3 Å². The number of aromatic nitrogens is 2. The first-order valence-electron chi connectivity index (χ1n) is 8.51. The van der Waals surface area contributed by atoms with Gasteiger partial charge in [-0.05, 0) is 29.7 Å². The molecule has 27 heavy (non-hydrogen) atoms. The first kappa shape index (κ1) is 19.5. The summed E-state index contributed by atoms with van der Waals surface area (Å²) in [4.78, 5) is 24.0. The zero-order valence-electron chi connectivity index (χ0n) is 15.1. The molecule has 0 unspecified atom stereocenters. The summed E-state index contributed by atoms with van der Waals surface area (Å²) in [7, 11) is 1.81. The van der Waals surface area contributed by atoms with Crippen LogP contribution in [0.15, 0.2) is 30.3 Å². The van der Waals surface area contributed by atoms with Gasteiger partial charge in [-0.25, -0.2) is 9.78 Å². The summed E-state index contributed by atoms with van der Waals surface area (Å²) in [6, 6.07) is 9.87. The van der Waals surface area contributed by atoms with Crippen molar-refractivity contribution in [2.75, 3.05) is 31.7 Å². The van der Waals surface area contributed by atoms with E-state index in [2.05, 4.69) is 9.97 Å². The van der Waals surface area contributed by atoms with E-state index < -0.39 is 0 Å². The summed E-state index contributed by atoms with van der Waals surface area (Å²) in [6.07, 6.45) is 0.659. The highest BCUT2D eigenvalue weighted by atomic mass is 35.5. The van der Waals surface area contributed by atoms with Crippen LogP contribution in [0.5, 0.6) is 0 Å². The SMILES string of the molecule is Cc1c(C(=O)OCCc2ccccc2)sc2nc(Cl)nc(N(C)CCO)c12. The monoisotopic (exact) mass is 405 g/mol. The minimum absolute atomic E-state index is 0.0167. The van der Waals surface area contributed by atoms with Gasteiger partial charge in [0.25, 0.3) is 0 Å². The van der Waals surface area contributed by atoms with E-state index in [4.69, 9.17) is 16.3 Å². The minimum Gasteiger partial charge on any atom is -0.461 e. The molecule has 0 bridgehead atoms. The van der Waals surface area contributed by atoms with Crippen LogP contribution in [-0.4, -0.2) is 47.8 Å². The number of benzene rings is 1. The molecule has 1 aromatic carbocycles. The number of fused-ring (bicyclic) bond motifs is 1. The Morgan fingerprint density at radius 3 is 2.74 bits per heavy atom.